The van der Waals surface area contributed by atoms with Gasteiger partial charge >= 0.3 is 0 Å². The Labute approximate surface area is 180 Å². The first kappa shape index (κ1) is 18.1. The van der Waals surface area contributed by atoms with Gasteiger partial charge in [0.1, 0.15) is 5.75 Å². The number of aromatic hydroxyl groups is 1. The Balaban J connectivity index is 1.28. The summed E-state index contributed by atoms with van der Waals surface area (Å²) in [6.07, 6.45) is 9.55. The minimum absolute atomic E-state index is 0.00281. The van der Waals surface area contributed by atoms with Crippen LogP contribution in [0.4, 0.5) is 0 Å². The van der Waals surface area contributed by atoms with Gasteiger partial charge in [0.05, 0.1) is 5.41 Å². The first-order chi connectivity index (χ1) is 14.2. The van der Waals surface area contributed by atoms with Gasteiger partial charge in [-0.25, -0.2) is 0 Å². The molecule has 1 N–H and O–H groups in total. The lowest BCUT2D eigenvalue weighted by atomic mass is 9.50. The van der Waals surface area contributed by atoms with E-state index in [0.29, 0.717) is 17.1 Å². The Morgan fingerprint density at radius 3 is 2.77 bits per heavy atom. The van der Waals surface area contributed by atoms with E-state index in [1.165, 1.54) is 37.7 Å². The molecule has 30 heavy (non-hydrogen) atoms. The molecule has 1 saturated heterocycles. The first-order valence-corrected chi connectivity index (χ1v) is 12.3. The van der Waals surface area contributed by atoms with Crippen LogP contribution in [0.5, 0.6) is 5.75 Å². The van der Waals surface area contributed by atoms with Gasteiger partial charge in [-0.1, -0.05) is 32.9 Å². The van der Waals surface area contributed by atoms with Crippen molar-refractivity contribution in [3.8, 4) is 5.75 Å². The molecule has 6 aliphatic rings. The Kier molecular flexibility index (Phi) is 3.08. The molecule has 0 radical (unpaired) electrons. The lowest BCUT2D eigenvalue weighted by Gasteiger charge is -2.61. The summed E-state index contributed by atoms with van der Waals surface area (Å²) in [6.45, 7) is 8.00. The summed E-state index contributed by atoms with van der Waals surface area (Å²) in [6, 6.07) is 6.22. The van der Waals surface area contributed by atoms with Gasteiger partial charge in [0.15, 0.2) is 0 Å². The maximum absolute atomic E-state index is 14.3. The molecule has 1 amide bonds. The largest absolute Gasteiger partial charge is 0.508 e. The molecule has 1 aromatic carbocycles. The summed E-state index contributed by atoms with van der Waals surface area (Å²) in [5, 5.41) is 10.7. The average Bonchev–Trinajstić information content (AvgIpc) is 3.13. The predicted octanol–water partition coefficient (Wildman–Crippen LogP) is 5.05. The molecule has 0 aromatic heterocycles. The summed E-state index contributed by atoms with van der Waals surface area (Å²) >= 11 is 0. The molecule has 1 aliphatic heterocycles. The van der Waals surface area contributed by atoms with Gasteiger partial charge < -0.3 is 10.0 Å². The summed E-state index contributed by atoms with van der Waals surface area (Å²) in [5.74, 6) is 3.41. The molecule has 5 unspecified atom stereocenters. The summed E-state index contributed by atoms with van der Waals surface area (Å²) in [7, 11) is 0. The molecule has 5 aliphatic carbocycles. The van der Waals surface area contributed by atoms with Crippen molar-refractivity contribution < 1.29 is 9.90 Å². The zero-order valence-corrected chi connectivity index (χ0v) is 18.7. The minimum Gasteiger partial charge on any atom is -0.508 e. The van der Waals surface area contributed by atoms with Crippen LogP contribution in [0.2, 0.25) is 0 Å². The Hall–Kier alpha value is -1.51. The molecule has 4 bridgehead atoms. The minimum atomic E-state index is -0.0662. The van der Waals surface area contributed by atoms with Gasteiger partial charge in [0, 0.05) is 18.0 Å². The Morgan fingerprint density at radius 2 is 1.93 bits per heavy atom. The number of fused-ring (bicyclic) bond motifs is 5. The standard InChI is InChI=1S/C27H35NO2/c1-24(2)22-11-18-19(5-4-6-21(18)29)25(24,3)9-10-28(22)23(30)26-12-16-7-8-27(20(16)15-26)14-17(27)13-26/h4-6,16-17,20,22,29H,7-15H2,1-3H3/t16?,17?,20?,22-,25+,26?,27?/m1/s1. The molecule has 5 fully saturated rings. The van der Waals surface area contributed by atoms with Crippen molar-refractivity contribution in [3.63, 3.8) is 0 Å². The fraction of sp³-hybridized carbons (Fsp3) is 0.741. The highest BCUT2D eigenvalue weighted by Gasteiger charge is 2.74. The maximum atomic E-state index is 14.3. The molecule has 1 spiro atoms. The number of hydrogen-bond donors (Lipinski definition) is 1. The van der Waals surface area contributed by atoms with Crippen LogP contribution in [0.1, 0.15) is 76.8 Å². The van der Waals surface area contributed by atoms with Crippen molar-refractivity contribution in [3.05, 3.63) is 29.3 Å². The zero-order valence-electron chi connectivity index (χ0n) is 18.7. The van der Waals surface area contributed by atoms with Crippen molar-refractivity contribution in [2.75, 3.05) is 6.54 Å². The van der Waals surface area contributed by atoms with Crippen molar-refractivity contribution in [2.45, 2.75) is 83.6 Å². The van der Waals surface area contributed by atoms with Crippen molar-refractivity contribution in [2.24, 2.45) is 34.0 Å². The summed E-state index contributed by atoms with van der Waals surface area (Å²) in [5.41, 5.74) is 3.01. The molecule has 4 saturated carbocycles. The number of phenols is 1. The molecule has 7 rings (SSSR count). The predicted molar refractivity (Wildman–Crippen MR) is 116 cm³/mol. The number of phenolic OH excluding ortho intramolecular Hbond substituents is 1. The fourth-order valence-corrected chi connectivity index (χ4v) is 9.74. The van der Waals surface area contributed by atoms with Crippen LogP contribution in [0.25, 0.3) is 0 Å². The number of piperidine rings is 1. The third-order valence-corrected chi connectivity index (χ3v) is 11.8. The van der Waals surface area contributed by atoms with Crippen LogP contribution in [0.3, 0.4) is 0 Å². The Morgan fingerprint density at radius 1 is 1.10 bits per heavy atom. The highest BCUT2D eigenvalue weighted by Crippen LogP contribution is 2.80. The average molecular weight is 406 g/mol. The van der Waals surface area contributed by atoms with Crippen molar-refractivity contribution in [1.82, 2.24) is 4.90 Å². The molecule has 160 valence electrons. The van der Waals surface area contributed by atoms with Crippen LogP contribution in [0, 0.1) is 34.0 Å². The van der Waals surface area contributed by atoms with E-state index in [0.717, 1.165) is 49.1 Å². The maximum Gasteiger partial charge on any atom is 0.229 e. The van der Waals surface area contributed by atoms with Gasteiger partial charge in [0.2, 0.25) is 5.91 Å². The SMILES string of the molecule is CC1(C)[C@H]2Cc3c(O)cccc3[C@]1(C)CCN2C(=O)C12CC3CCC4(CC4C1)C3C2. The second-order valence-electron chi connectivity index (χ2n) is 12.8. The topological polar surface area (TPSA) is 40.5 Å². The van der Waals surface area contributed by atoms with E-state index in [1.807, 2.05) is 12.1 Å². The van der Waals surface area contributed by atoms with Gasteiger partial charge in [-0.05, 0) is 97.1 Å². The second-order valence-corrected chi connectivity index (χ2v) is 12.8. The number of carbonyl (C=O) groups excluding carboxylic acids is 1. The lowest BCUT2D eigenvalue weighted by Crippen LogP contribution is -2.66. The van der Waals surface area contributed by atoms with E-state index >= 15 is 0 Å². The van der Waals surface area contributed by atoms with Crippen LogP contribution < -0.4 is 0 Å². The monoisotopic (exact) mass is 405 g/mol. The molecule has 3 nitrogen and oxygen atoms in total. The summed E-state index contributed by atoms with van der Waals surface area (Å²) < 4.78 is 0. The van der Waals surface area contributed by atoms with Gasteiger partial charge in [-0.2, -0.15) is 0 Å². The fourth-order valence-electron chi connectivity index (χ4n) is 9.74. The second kappa shape index (κ2) is 5.10. The normalized spacial score (nSPS) is 48.8. The van der Waals surface area contributed by atoms with Crippen LogP contribution in [-0.4, -0.2) is 28.5 Å². The highest BCUT2D eigenvalue weighted by atomic mass is 16.3. The molecule has 1 heterocycles. The van der Waals surface area contributed by atoms with E-state index in [2.05, 4.69) is 31.7 Å². The van der Waals surface area contributed by atoms with Crippen LogP contribution in [-0.2, 0) is 16.6 Å². The third kappa shape index (κ3) is 1.81. The lowest BCUT2D eigenvalue weighted by molar-refractivity contribution is -0.157. The molecular weight excluding hydrogens is 370 g/mol. The number of rotatable bonds is 1. The van der Waals surface area contributed by atoms with E-state index in [9.17, 15) is 9.90 Å². The number of benzene rings is 1. The van der Waals surface area contributed by atoms with Gasteiger partial charge in [0.25, 0.3) is 0 Å². The smallest absolute Gasteiger partial charge is 0.229 e. The van der Waals surface area contributed by atoms with Crippen molar-refractivity contribution in [1.29, 1.82) is 0 Å². The third-order valence-electron chi connectivity index (χ3n) is 11.8. The van der Waals surface area contributed by atoms with Crippen molar-refractivity contribution >= 4 is 5.91 Å². The molecular formula is C27H35NO2. The summed E-state index contributed by atoms with van der Waals surface area (Å²) in [4.78, 5) is 16.6. The molecule has 1 aromatic rings. The zero-order chi connectivity index (χ0) is 20.7. The van der Waals surface area contributed by atoms with E-state index in [4.69, 9.17) is 0 Å². The van der Waals surface area contributed by atoms with Crippen LogP contribution in [0.15, 0.2) is 18.2 Å². The number of carbonyl (C=O) groups is 1. The molecule has 7 atom stereocenters. The number of hydrogen-bond acceptors (Lipinski definition) is 2. The molecule has 3 heteroatoms. The Bertz CT molecular complexity index is 979. The highest BCUT2D eigenvalue weighted by molar-refractivity contribution is 5.84. The van der Waals surface area contributed by atoms with E-state index in [1.54, 1.807) is 0 Å². The van der Waals surface area contributed by atoms with E-state index < -0.39 is 0 Å². The number of likely N-dealkylation sites (tertiary alicyclic amines) is 1. The van der Waals surface area contributed by atoms with E-state index in [-0.39, 0.29) is 22.3 Å². The quantitative estimate of drug-likeness (QED) is 0.710. The first-order valence-electron chi connectivity index (χ1n) is 12.3. The number of amides is 1. The van der Waals surface area contributed by atoms with Gasteiger partial charge in [-0.3, -0.25) is 4.79 Å². The van der Waals surface area contributed by atoms with Crippen LogP contribution >= 0.6 is 0 Å². The van der Waals surface area contributed by atoms with Gasteiger partial charge in [-0.15, -0.1) is 0 Å². The number of nitrogens with zero attached hydrogens (tertiary/aromatic N) is 1.